The van der Waals surface area contributed by atoms with Crippen LogP contribution in [0.4, 0.5) is 10.1 Å². The average molecular weight is 350 g/mol. The second kappa shape index (κ2) is 5.98. The molecule has 0 fully saturated rings. The Hall–Kier alpha value is -1.68. The Labute approximate surface area is 132 Å². The number of nitrogens with one attached hydrogen (secondary N) is 1. The Kier molecular flexibility index (Phi) is 4.47. The van der Waals surface area contributed by atoms with Gasteiger partial charge >= 0.3 is 0 Å². The Balaban J connectivity index is 2.28. The Bertz CT molecular complexity index is 668. The monoisotopic (exact) mass is 349 g/mol. The predicted octanol–water partition coefficient (Wildman–Crippen LogP) is 4.81. The molecule has 0 saturated carbocycles. The third-order valence-electron chi connectivity index (χ3n) is 3.58. The zero-order chi connectivity index (χ0) is 15.6. The standard InChI is InChI=1S/C17H17BrFNO/c1-11-9-14(19)13(18)10-15(11)20-16(21)17(2,3)12-7-5-4-6-8-12/h4-10H,1-3H3,(H,20,21). The van der Waals surface area contributed by atoms with Crippen LogP contribution in [0.1, 0.15) is 25.0 Å². The van der Waals surface area contributed by atoms with Crippen LogP contribution in [0.5, 0.6) is 0 Å². The van der Waals surface area contributed by atoms with Gasteiger partial charge in [0.25, 0.3) is 0 Å². The van der Waals surface area contributed by atoms with Crippen LogP contribution in [0.25, 0.3) is 0 Å². The van der Waals surface area contributed by atoms with Crippen molar-refractivity contribution in [3.63, 3.8) is 0 Å². The Morgan fingerprint density at radius 2 is 1.81 bits per heavy atom. The van der Waals surface area contributed by atoms with Crippen molar-refractivity contribution in [2.24, 2.45) is 0 Å². The fourth-order valence-corrected chi connectivity index (χ4v) is 2.39. The van der Waals surface area contributed by atoms with Crippen LogP contribution < -0.4 is 5.32 Å². The summed E-state index contributed by atoms with van der Waals surface area (Å²) in [7, 11) is 0. The molecular weight excluding hydrogens is 333 g/mol. The lowest BCUT2D eigenvalue weighted by Crippen LogP contribution is -2.34. The highest BCUT2D eigenvalue weighted by molar-refractivity contribution is 9.10. The van der Waals surface area contributed by atoms with Gasteiger partial charge < -0.3 is 5.32 Å². The summed E-state index contributed by atoms with van der Waals surface area (Å²) in [5.74, 6) is -0.469. The molecule has 2 aromatic carbocycles. The molecule has 0 heterocycles. The van der Waals surface area contributed by atoms with Gasteiger partial charge in [-0.1, -0.05) is 30.3 Å². The number of benzene rings is 2. The first-order chi connectivity index (χ1) is 9.82. The third-order valence-corrected chi connectivity index (χ3v) is 4.19. The molecule has 0 aliphatic heterocycles. The molecule has 2 nitrogen and oxygen atoms in total. The minimum atomic E-state index is -0.672. The lowest BCUT2D eigenvalue weighted by atomic mass is 9.83. The van der Waals surface area contributed by atoms with Crippen LogP contribution in [0, 0.1) is 12.7 Å². The van der Waals surface area contributed by atoms with Crippen molar-refractivity contribution in [1.82, 2.24) is 0 Å². The van der Waals surface area contributed by atoms with E-state index < -0.39 is 5.41 Å². The second-order valence-corrected chi connectivity index (χ2v) is 6.38. The molecule has 0 radical (unpaired) electrons. The number of carbonyl (C=O) groups is 1. The minimum absolute atomic E-state index is 0.129. The maximum Gasteiger partial charge on any atom is 0.234 e. The highest BCUT2D eigenvalue weighted by Gasteiger charge is 2.30. The quantitative estimate of drug-likeness (QED) is 0.845. The topological polar surface area (TPSA) is 29.1 Å². The highest BCUT2D eigenvalue weighted by atomic mass is 79.9. The van der Waals surface area contributed by atoms with E-state index in [1.54, 1.807) is 13.0 Å². The summed E-state index contributed by atoms with van der Waals surface area (Å²) in [6.45, 7) is 5.50. The van der Waals surface area contributed by atoms with Crippen molar-refractivity contribution in [1.29, 1.82) is 0 Å². The van der Waals surface area contributed by atoms with Gasteiger partial charge in [-0.15, -0.1) is 0 Å². The molecule has 0 saturated heterocycles. The molecule has 0 atom stereocenters. The van der Waals surface area contributed by atoms with E-state index in [2.05, 4.69) is 21.2 Å². The number of hydrogen-bond donors (Lipinski definition) is 1. The molecular formula is C17H17BrFNO. The maximum atomic E-state index is 13.4. The molecule has 0 bridgehead atoms. The number of rotatable bonds is 3. The van der Waals surface area contributed by atoms with Crippen LogP contribution in [0.2, 0.25) is 0 Å². The lowest BCUT2D eigenvalue weighted by Gasteiger charge is -2.24. The first-order valence-electron chi connectivity index (χ1n) is 6.65. The highest BCUT2D eigenvalue weighted by Crippen LogP contribution is 2.28. The molecule has 0 unspecified atom stereocenters. The van der Waals surface area contributed by atoms with Crippen LogP contribution in [-0.2, 0) is 10.2 Å². The first kappa shape index (κ1) is 15.7. The van der Waals surface area contributed by atoms with E-state index in [0.717, 1.165) is 5.56 Å². The van der Waals surface area contributed by atoms with Crippen molar-refractivity contribution < 1.29 is 9.18 Å². The average Bonchev–Trinajstić information content (AvgIpc) is 2.45. The van der Waals surface area contributed by atoms with Crippen LogP contribution in [0.3, 0.4) is 0 Å². The molecule has 2 rings (SSSR count). The van der Waals surface area contributed by atoms with Gasteiger partial charge in [0.05, 0.1) is 9.89 Å². The van der Waals surface area contributed by atoms with Crippen LogP contribution in [0.15, 0.2) is 46.9 Å². The lowest BCUT2D eigenvalue weighted by molar-refractivity contribution is -0.120. The van der Waals surface area contributed by atoms with E-state index in [1.807, 2.05) is 44.2 Å². The number of hydrogen-bond acceptors (Lipinski definition) is 1. The Morgan fingerprint density at radius 3 is 2.43 bits per heavy atom. The summed E-state index contributed by atoms with van der Waals surface area (Å²) in [4.78, 5) is 12.6. The normalized spacial score (nSPS) is 11.3. The van der Waals surface area contributed by atoms with Crippen LogP contribution >= 0.6 is 15.9 Å². The van der Waals surface area contributed by atoms with Gasteiger partial charge in [0.1, 0.15) is 5.82 Å². The van der Waals surface area contributed by atoms with E-state index in [-0.39, 0.29) is 11.7 Å². The van der Waals surface area contributed by atoms with Gasteiger partial charge in [0.15, 0.2) is 0 Å². The summed E-state index contributed by atoms with van der Waals surface area (Å²) in [5.41, 5.74) is 1.56. The maximum absolute atomic E-state index is 13.4. The Morgan fingerprint density at radius 1 is 1.19 bits per heavy atom. The molecule has 1 amide bonds. The van der Waals surface area contributed by atoms with Crippen molar-refractivity contribution in [2.75, 3.05) is 5.32 Å². The summed E-state index contributed by atoms with van der Waals surface area (Å²) >= 11 is 3.14. The number of anilines is 1. The SMILES string of the molecule is Cc1cc(F)c(Br)cc1NC(=O)C(C)(C)c1ccccc1. The fourth-order valence-electron chi connectivity index (χ4n) is 2.05. The predicted molar refractivity (Wildman–Crippen MR) is 86.9 cm³/mol. The molecule has 0 aliphatic rings. The smallest absolute Gasteiger partial charge is 0.234 e. The van der Waals surface area contributed by atoms with Crippen molar-refractivity contribution in [2.45, 2.75) is 26.2 Å². The molecule has 1 N–H and O–H groups in total. The van der Waals surface area contributed by atoms with Gasteiger partial charge in [-0.2, -0.15) is 0 Å². The zero-order valence-electron chi connectivity index (χ0n) is 12.2. The molecule has 4 heteroatoms. The minimum Gasteiger partial charge on any atom is -0.325 e. The van der Waals surface area contributed by atoms with Crippen molar-refractivity contribution >= 4 is 27.5 Å². The number of aryl methyl sites for hydroxylation is 1. The molecule has 0 aliphatic carbocycles. The summed E-state index contributed by atoms with van der Waals surface area (Å²) in [6, 6.07) is 12.6. The van der Waals surface area contributed by atoms with Gasteiger partial charge in [-0.05, 0) is 60.0 Å². The molecule has 110 valence electrons. The van der Waals surface area contributed by atoms with E-state index in [4.69, 9.17) is 0 Å². The number of halogens is 2. The molecule has 21 heavy (non-hydrogen) atoms. The van der Waals surface area contributed by atoms with E-state index in [9.17, 15) is 9.18 Å². The van der Waals surface area contributed by atoms with Gasteiger partial charge in [-0.3, -0.25) is 4.79 Å². The first-order valence-corrected chi connectivity index (χ1v) is 7.44. The van der Waals surface area contributed by atoms with Gasteiger partial charge in [0.2, 0.25) is 5.91 Å². The van der Waals surface area contributed by atoms with E-state index in [1.165, 1.54) is 6.07 Å². The van der Waals surface area contributed by atoms with Crippen LogP contribution in [-0.4, -0.2) is 5.91 Å². The molecule has 0 aromatic heterocycles. The summed E-state index contributed by atoms with van der Waals surface area (Å²) < 4.78 is 13.8. The van der Waals surface area contributed by atoms with Gasteiger partial charge in [-0.25, -0.2) is 4.39 Å². The van der Waals surface area contributed by atoms with Gasteiger partial charge in [0, 0.05) is 5.69 Å². The van der Waals surface area contributed by atoms with Crippen molar-refractivity contribution in [3.8, 4) is 0 Å². The van der Waals surface area contributed by atoms with E-state index >= 15 is 0 Å². The number of carbonyl (C=O) groups excluding carboxylic acids is 1. The molecule has 2 aromatic rings. The largest absolute Gasteiger partial charge is 0.325 e. The second-order valence-electron chi connectivity index (χ2n) is 5.53. The summed E-state index contributed by atoms with van der Waals surface area (Å²) in [6.07, 6.45) is 0. The zero-order valence-corrected chi connectivity index (χ0v) is 13.8. The molecule has 0 spiro atoms. The van der Waals surface area contributed by atoms with E-state index in [0.29, 0.717) is 15.7 Å². The fraction of sp³-hybridized carbons (Fsp3) is 0.235. The summed E-state index contributed by atoms with van der Waals surface area (Å²) in [5, 5.41) is 2.88. The van der Waals surface area contributed by atoms with Crippen molar-refractivity contribution in [3.05, 3.63) is 63.9 Å². The third kappa shape index (κ3) is 3.32. The number of amides is 1.